The van der Waals surface area contributed by atoms with Crippen LogP contribution in [0, 0.1) is 37.3 Å². The van der Waals surface area contributed by atoms with Gasteiger partial charge in [0.15, 0.2) is 0 Å². The molecule has 2 rings (SSSR count). The fourth-order valence-electron chi connectivity index (χ4n) is 2.31. The summed E-state index contributed by atoms with van der Waals surface area (Å²) in [6, 6.07) is 7.12. The molecule has 0 atom stereocenters. The molecule has 0 radical (unpaired) electrons. The third-order valence-corrected chi connectivity index (χ3v) is 3.60. The van der Waals surface area contributed by atoms with E-state index in [0.717, 1.165) is 18.2 Å². The minimum Gasteiger partial charge on any atom is -0.325 e. The Morgan fingerprint density at radius 3 is 2.19 bits per heavy atom. The Bertz CT molecular complexity index is 926. The highest BCUT2D eigenvalue weighted by molar-refractivity contribution is 5.94. The van der Waals surface area contributed by atoms with Crippen molar-refractivity contribution in [1.29, 1.82) is 0 Å². The number of amides is 1. The second-order valence-corrected chi connectivity index (χ2v) is 5.26. The fourth-order valence-corrected chi connectivity index (χ4v) is 2.31. The number of benzene rings is 2. The highest BCUT2D eigenvalue weighted by atomic mass is 16.6. The lowest BCUT2D eigenvalue weighted by Crippen LogP contribution is -2.16. The van der Waals surface area contributed by atoms with Crippen molar-refractivity contribution in [2.45, 2.75) is 13.3 Å². The standard InChI is InChI=1S/C15H12N4O7/c1-9-12(3-2-4-13(9)18(23)24)16-15(20)7-10-5-6-11(17(21)22)8-14(10)19(25)26/h2-6,8H,7H2,1H3,(H,16,20). The van der Waals surface area contributed by atoms with Crippen molar-refractivity contribution in [2.24, 2.45) is 0 Å². The Morgan fingerprint density at radius 2 is 1.62 bits per heavy atom. The summed E-state index contributed by atoms with van der Waals surface area (Å²) in [5, 5.41) is 35.2. The van der Waals surface area contributed by atoms with Gasteiger partial charge in [0.05, 0.1) is 38.5 Å². The maximum absolute atomic E-state index is 12.2. The topological polar surface area (TPSA) is 159 Å². The van der Waals surface area contributed by atoms with E-state index in [0.29, 0.717) is 0 Å². The van der Waals surface area contributed by atoms with Crippen LogP contribution in [0.4, 0.5) is 22.7 Å². The summed E-state index contributed by atoms with van der Waals surface area (Å²) < 4.78 is 0. The third-order valence-electron chi connectivity index (χ3n) is 3.60. The Labute approximate surface area is 145 Å². The lowest BCUT2D eigenvalue weighted by atomic mass is 10.1. The number of rotatable bonds is 6. The van der Waals surface area contributed by atoms with Crippen LogP contribution in [0.1, 0.15) is 11.1 Å². The van der Waals surface area contributed by atoms with E-state index in [9.17, 15) is 35.1 Å². The fraction of sp³-hybridized carbons (Fsp3) is 0.133. The van der Waals surface area contributed by atoms with E-state index in [1.54, 1.807) is 0 Å². The first-order chi connectivity index (χ1) is 12.2. The van der Waals surface area contributed by atoms with Gasteiger partial charge < -0.3 is 5.32 Å². The highest BCUT2D eigenvalue weighted by Crippen LogP contribution is 2.27. The van der Waals surface area contributed by atoms with Gasteiger partial charge in [-0.1, -0.05) is 6.07 Å². The summed E-state index contributed by atoms with van der Waals surface area (Å²) in [7, 11) is 0. The average molecular weight is 360 g/mol. The minimum atomic E-state index is -0.811. The van der Waals surface area contributed by atoms with E-state index in [4.69, 9.17) is 0 Å². The molecule has 0 spiro atoms. The van der Waals surface area contributed by atoms with E-state index < -0.39 is 38.5 Å². The molecule has 2 aromatic carbocycles. The van der Waals surface area contributed by atoms with Crippen molar-refractivity contribution < 1.29 is 19.6 Å². The molecule has 0 aliphatic heterocycles. The highest BCUT2D eigenvalue weighted by Gasteiger charge is 2.22. The van der Waals surface area contributed by atoms with Crippen LogP contribution in [0.15, 0.2) is 36.4 Å². The Hall–Kier alpha value is -3.89. The Morgan fingerprint density at radius 1 is 0.962 bits per heavy atom. The molecular weight excluding hydrogens is 348 g/mol. The second-order valence-electron chi connectivity index (χ2n) is 5.26. The lowest BCUT2D eigenvalue weighted by Gasteiger charge is -2.09. The maximum Gasteiger partial charge on any atom is 0.279 e. The molecular formula is C15H12N4O7. The largest absolute Gasteiger partial charge is 0.325 e. The minimum absolute atomic E-state index is 0.0128. The number of hydrogen-bond donors (Lipinski definition) is 1. The quantitative estimate of drug-likeness (QED) is 0.612. The average Bonchev–Trinajstić information content (AvgIpc) is 2.56. The number of carbonyl (C=O) groups excluding carboxylic acids is 1. The summed E-state index contributed by atoms with van der Waals surface area (Å²) in [5.74, 6) is -0.648. The summed E-state index contributed by atoms with van der Waals surface area (Å²) in [6.07, 6.45) is -0.420. The number of hydrogen-bond acceptors (Lipinski definition) is 7. The Balaban J connectivity index is 2.26. The third kappa shape index (κ3) is 3.95. The first kappa shape index (κ1) is 18.4. The van der Waals surface area contributed by atoms with Crippen LogP contribution in [0.2, 0.25) is 0 Å². The number of carbonyl (C=O) groups is 1. The number of anilines is 1. The maximum atomic E-state index is 12.2. The molecule has 0 saturated heterocycles. The van der Waals surface area contributed by atoms with Gasteiger partial charge in [0.2, 0.25) is 5.91 Å². The first-order valence-electron chi connectivity index (χ1n) is 7.16. The zero-order valence-electron chi connectivity index (χ0n) is 13.4. The van der Waals surface area contributed by atoms with Crippen LogP contribution in [-0.2, 0) is 11.2 Å². The van der Waals surface area contributed by atoms with Crippen LogP contribution in [0.3, 0.4) is 0 Å². The summed E-state index contributed by atoms with van der Waals surface area (Å²) >= 11 is 0. The van der Waals surface area contributed by atoms with E-state index in [1.807, 2.05) is 0 Å². The van der Waals surface area contributed by atoms with Crippen molar-refractivity contribution in [3.8, 4) is 0 Å². The van der Waals surface area contributed by atoms with Crippen molar-refractivity contribution in [2.75, 3.05) is 5.32 Å². The van der Waals surface area contributed by atoms with E-state index >= 15 is 0 Å². The number of nitrogens with one attached hydrogen (secondary N) is 1. The van der Waals surface area contributed by atoms with Gasteiger partial charge in [0.1, 0.15) is 0 Å². The van der Waals surface area contributed by atoms with Gasteiger partial charge in [-0.2, -0.15) is 0 Å². The van der Waals surface area contributed by atoms with E-state index in [1.165, 1.54) is 25.1 Å². The van der Waals surface area contributed by atoms with Gasteiger partial charge in [-0.3, -0.25) is 35.1 Å². The van der Waals surface area contributed by atoms with E-state index in [2.05, 4.69) is 5.32 Å². The molecule has 0 heterocycles. The van der Waals surface area contributed by atoms with Crippen molar-refractivity contribution in [3.63, 3.8) is 0 Å². The van der Waals surface area contributed by atoms with Crippen molar-refractivity contribution >= 4 is 28.7 Å². The van der Waals surface area contributed by atoms with Gasteiger partial charge in [-0.05, 0) is 19.1 Å². The molecule has 0 aromatic heterocycles. The molecule has 0 saturated carbocycles. The molecule has 0 fully saturated rings. The lowest BCUT2D eigenvalue weighted by molar-refractivity contribution is -0.394. The number of nitrogens with zero attached hydrogens (tertiary/aromatic N) is 3. The predicted octanol–water partition coefficient (Wildman–Crippen LogP) is 2.90. The smallest absolute Gasteiger partial charge is 0.279 e. The molecule has 1 N–H and O–H groups in total. The number of nitro benzene ring substituents is 3. The van der Waals surface area contributed by atoms with Gasteiger partial charge >= 0.3 is 0 Å². The SMILES string of the molecule is Cc1c(NC(=O)Cc2ccc([N+](=O)[O-])cc2[N+](=O)[O-])cccc1[N+](=O)[O-]. The van der Waals surface area contributed by atoms with Gasteiger partial charge in [0, 0.05) is 17.7 Å². The first-order valence-corrected chi connectivity index (χ1v) is 7.16. The van der Waals surface area contributed by atoms with Gasteiger partial charge in [0.25, 0.3) is 17.1 Å². The van der Waals surface area contributed by atoms with Crippen molar-refractivity contribution in [3.05, 3.63) is 77.9 Å². The van der Waals surface area contributed by atoms with Crippen LogP contribution in [-0.4, -0.2) is 20.7 Å². The van der Waals surface area contributed by atoms with Crippen LogP contribution < -0.4 is 5.32 Å². The van der Waals surface area contributed by atoms with Crippen molar-refractivity contribution in [1.82, 2.24) is 0 Å². The normalized spacial score (nSPS) is 10.2. The van der Waals surface area contributed by atoms with Crippen LogP contribution in [0.25, 0.3) is 0 Å². The summed E-state index contributed by atoms with van der Waals surface area (Å²) in [4.78, 5) is 42.7. The second kappa shape index (κ2) is 7.34. The number of non-ortho nitro benzene ring substituents is 1. The van der Waals surface area contributed by atoms with E-state index in [-0.39, 0.29) is 22.5 Å². The molecule has 0 bridgehead atoms. The Kier molecular flexibility index (Phi) is 5.21. The molecule has 2 aromatic rings. The van der Waals surface area contributed by atoms with Crippen LogP contribution >= 0.6 is 0 Å². The zero-order valence-corrected chi connectivity index (χ0v) is 13.4. The molecule has 11 heteroatoms. The molecule has 0 unspecified atom stereocenters. The molecule has 134 valence electrons. The molecule has 26 heavy (non-hydrogen) atoms. The van der Waals surface area contributed by atoms with Gasteiger partial charge in [-0.25, -0.2) is 0 Å². The monoisotopic (exact) mass is 360 g/mol. The predicted molar refractivity (Wildman–Crippen MR) is 89.9 cm³/mol. The van der Waals surface area contributed by atoms with Crippen LogP contribution in [0.5, 0.6) is 0 Å². The molecule has 0 aliphatic carbocycles. The summed E-state index contributed by atoms with van der Waals surface area (Å²) in [6.45, 7) is 1.46. The molecule has 1 amide bonds. The number of nitro groups is 3. The summed E-state index contributed by atoms with van der Waals surface area (Å²) in [5.41, 5.74) is -0.761. The molecule has 11 nitrogen and oxygen atoms in total. The zero-order chi connectivity index (χ0) is 19.4. The molecule has 0 aliphatic rings. The van der Waals surface area contributed by atoms with Gasteiger partial charge in [-0.15, -0.1) is 0 Å².